The summed E-state index contributed by atoms with van der Waals surface area (Å²) in [4.78, 5) is 10.9. The van der Waals surface area contributed by atoms with Gasteiger partial charge < -0.3 is 9.84 Å². The molecule has 1 fully saturated rings. The van der Waals surface area contributed by atoms with Gasteiger partial charge >= 0.3 is 5.97 Å². The van der Waals surface area contributed by atoms with E-state index in [1.807, 2.05) is 13.0 Å². The van der Waals surface area contributed by atoms with E-state index in [1.165, 1.54) is 22.8 Å². The number of carboxylic acids is 1. The summed E-state index contributed by atoms with van der Waals surface area (Å²) < 4.78 is 5.50. The van der Waals surface area contributed by atoms with Crippen LogP contribution in [0.15, 0.2) is 42.0 Å². The zero-order valence-corrected chi connectivity index (χ0v) is 17.7. The molecule has 2 rings (SSSR count). The molecular formula is C24H34O3. The Morgan fingerprint density at radius 3 is 2.19 bits per heavy atom. The Balaban J connectivity index is 2.42. The first-order valence-electron chi connectivity index (χ1n) is 9.85. The fraction of sp³-hybridized carbons (Fsp3) is 0.542. The van der Waals surface area contributed by atoms with Gasteiger partial charge in [0.1, 0.15) is 0 Å². The topological polar surface area (TPSA) is 46.5 Å². The van der Waals surface area contributed by atoms with Gasteiger partial charge in [0.15, 0.2) is 0 Å². The first-order chi connectivity index (χ1) is 12.6. The minimum Gasteiger partial charge on any atom is -0.478 e. The molecule has 0 heterocycles. The van der Waals surface area contributed by atoms with Crippen molar-refractivity contribution in [3.8, 4) is 0 Å². The lowest BCUT2D eigenvalue weighted by Crippen LogP contribution is -2.10. The maximum atomic E-state index is 10.9. The zero-order chi connectivity index (χ0) is 20.4. The summed E-state index contributed by atoms with van der Waals surface area (Å²) in [5.74, 6) is 0.812. The smallest absolute Gasteiger partial charge is 0.328 e. The molecule has 1 aliphatic rings. The lowest BCUT2D eigenvalue weighted by Gasteiger charge is -2.19. The van der Waals surface area contributed by atoms with E-state index in [2.05, 4.69) is 58.9 Å². The minimum absolute atomic E-state index is 0.0184. The molecular weight excluding hydrogens is 336 g/mol. The number of benzene rings is 1. The fourth-order valence-corrected chi connectivity index (χ4v) is 3.99. The normalized spacial score (nSPS) is 25.6. The molecule has 3 nitrogen and oxygen atoms in total. The van der Waals surface area contributed by atoms with Crippen molar-refractivity contribution in [1.82, 2.24) is 0 Å². The molecule has 0 spiro atoms. The van der Waals surface area contributed by atoms with Crippen LogP contribution in [0.3, 0.4) is 0 Å². The largest absolute Gasteiger partial charge is 0.478 e. The molecule has 1 aromatic carbocycles. The fourth-order valence-electron chi connectivity index (χ4n) is 3.99. The quantitative estimate of drug-likeness (QED) is 0.474. The molecule has 3 heteroatoms. The third kappa shape index (κ3) is 4.70. The highest BCUT2D eigenvalue weighted by molar-refractivity contribution is 5.81. The van der Waals surface area contributed by atoms with Crippen molar-refractivity contribution in [3.63, 3.8) is 0 Å². The van der Waals surface area contributed by atoms with Gasteiger partial charge in [-0.15, -0.1) is 0 Å². The highest BCUT2D eigenvalue weighted by Crippen LogP contribution is 2.61. The minimum atomic E-state index is -0.907. The van der Waals surface area contributed by atoms with Gasteiger partial charge in [0.05, 0.1) is 6.61 Å². The van der Waals surface area contributed by atoms with E-state index in [1.54, 1.807) is 7.11 Å². The van der Waals surface area contributed by atoms with Crippen LogP contribution in [0.5, 0.6) is 0 Å². The van der Waals surface area contributed by atoms with Gasteiger partial charge in [-0.05, 0) is 52.9 Å². The Hall–Kier alpha value is -1.87. The van der Waals surface area contributed by atoms with Gasteiger partial charge in [-0.25, -0.2) is 4.79 Å². The molecule has 0 bridgehead atoms. The number of ether oxygens (including phenoxy) is 1. The van der Waals surface area contributed by atoms with Crippen molar-refractivity contribution < 1.29 is 14.6 Å². The van der Waals surface area contributed by atoms with E-state index >= 15 is 0 Å². The number of rotatable bonds is 8. The lowest BCUT2D eigenvalue weighted by molar-refractivity contribution is -0.131. The average molecular weight is 371 g/mol. The van der Waals surface area contributed by atoms with Gasteiger partial charge in [-0.3, -0.25) is 0 Å². The number of aliphatic carboxylic acids is 1. The van der Waals surface area contributed by atoms with Crippen molar-refractivity contribution in [3.05, 3.63) is 58.7 Å². The van der Waals surface area contributed by atoms with Crippen LogP contribution in [0.25, 0.3) is 0 Å². The van der Waals surface area contributed by atoms with E-state index < -0.39 is 5.97 Å². The Morgan fingerprint density at radius 2 is 1.74 bits per heavy atom. The van der Waals surface area contributed by atoms with E-state index in [-0.39, 0.29) is 5.41 Å². The van der Waals surface area contributed by atoms with Crippen LogP contribution in [0, 0.1) is 11.8 Å². The van der Waals surface area contributed by atoms with Crippen molar-refractivity contribution >= 4 is 5.97 Å². The number of carboxylic acid groups (broad SMARTS) is 1. The van der Waals surface area contributed by atoms with Crippen molar-refractivity contribution in [2.24, 2.45) is 11.8 Å². The first kappa shape index (κ1) is 21.4. The Morgan fingerprint density at radius 1 is 1.19 bits per heavy atom. The van der Waals surface area contributed by atoms with E-state index in [4.69, 9.17) is 9.84 Å². The molecule has 148 valence electrons. The second kappa shape index (κ2) is 8.43. The number of hydrogen-bond acceptors (Lipinski definition) is 2. The second-order valence-corrected chi connectivity index (χ2v) is 8.65. The van der Waals surface area contributed by atoms with Gasteiger partial charge in [0.2, 0.25) is 0 Å². The predicted octanol–water partition coefficient (Wildman–Crippen LogP) is 5.67. The summed E-state index contributed by atoms with van der Waals surface area (Å²) in [5.41, 5.74) is 4.90. The molecule has 0 aromatic heterocycles. The van der Waals surface area contributed by atoms with Gasteiger partial charge in [-0.1, -0.05) is 65.0 Å². The van der Waals surface area contributed by atoms with Crippen molar-refractivity contribution in [1.29, 1.82) is 0 Å². The SMILES string of the molecule is COC[C@H]1[C@H](/C=C/C(C)=C/C(=O)O)[C@]1(C)c1cc(C(C)C)cc(C(C)C)c1. The third-order valence-corrected chi connectivity index (χ3v) is 5.98. The van der Waals surface area contributed by atoms with Gasteiger partial charge in [-0.2, -0.15) is 0 Å². The summed E-state index contributed by atoms with van der Waals surface area (Å²) >= 11 is 0. The molecule has 27 heavy (non-hydrogen) atoms. The zero-order valence-electron chi connectivity index (χ0n) is 17.7. The molecule has 1 aliphatic carbocycles. The molecule has 3 atom stereocenters. The summed E-state index contributed by atoms with van der Waals surface area (Å²) in [5, 5.41) is 8.92. The number of hydrogen-bond donors (Lipinski definition) is 1. The standard InChI is InChI=1S/C24H34O3/c1-15(2)18-11-19(16(3)4)13-20(12-18)24(6)21(22(24)14-27-7)9-8-17(5)10-23(25)26/h8-13,15-16,21-22H,14H2,1-7H3,(H,25,26)/b9-8+,17-10+/t21-,22-,24-/m0/s1. The number of carbonyl (C=O) groups is 1. The van der Waals surface area contributed by atoms with E-state index in [0.29, 0.717) is 30.3 Å². The monoisotopic (exact) mass is 370 g/mol. The lowest BCUT2D eigenvalue weighted by atomic mass is 9.86. The molecule has 1 saturated carbocycles. The molecule has 0 saturated heterocycles. The van der Waals surface area contributed by atoms with Crippen LogP contribution >= 0.6 is 0 Å². The van der Waals surface area contributed by atoms with Crippen LogP contribution in [-0.4, -0.2) is 24.8 Å². The van der Waals surface area contributed by atoms with Crippen LogP contribution in [0.2, 0.25) is 0 Å². The van der Waals surface area contributed by atoms with E-state index in [9.17, 15) is 4.79 Å². The Bertz CT molecular complexity index is 716. The number of allylic oxidation sites excluding steroid dienone is 3. The second-order valence-electron chi connectivity index (χ2n) is 8.65. The molecule has 1 aromatic rings. The summed E-state index contributed by atoms with van der Waals surface area (Å²) in [6.45, 7) is 13.8. The maximum absolute atomic E-state index is 10.9. The molecule has 0 radical (unpaired) electrons. The Kier molecular flexibility index (Phi) is 6.69. The summed E-state index contributed by atoms with van der Waals surface area (Å²) in [6.07, 6.45) is 5.34. The summed E-state index contributed by atoms with van der Waals surface area (Å²) in [6, 6.07) is 7.04. The van der Waals surface area contributed by atoms with Crippen LogP contribution in [-0.2, 0) is 14.9 Å². The highest BCUT2D eigenvalue weighted by atomic mass is 16.5. The van der Waals surface area contributed by atoms with Gasteiger partial charge in [0, 0.05) is 18.6 Å². The third-order valence-electron chi connectivity index (χ3n) is 5.98. The highest BCUT2D eigenvalue weighted by Gasteiger charge is 2.60. The summed E-state index contributed by atoms with van der Waals surface area (Å²) in [7, 11) is 1.75. The van der Waals surface area contributed by atoms with Crippen LogP contribution in [0.4, 0.5) is 0 Å². The molecule has 1 N–H and O–H groups in total. The molecule has 0 amide bonds. The molecule has 0 unspecified atom stereocenters. The predicted molar refractivity (Wildman–Crippen MR) is 111 cm³/mol. The van der Waals surface area contributed by atoms with Gasteiger partial charge in [0.25, 0.3) is 0 Å². The first-order valence-corrected chi connectivity index (χ1v) is 9.85. The van der Waals surface area contributed by atoms with Crippen LogP contribution < -0.4 is 0 Å². The molecule has 0 aliphatic heterocycles. The maximum Gasteiger partial charge on any atom is 0.328 e. The van der Waals surface area contributed by atoms with Crippen molar-refractivity contribution in [2.75, 3.05) is 13.7 Å². The average Bonchev–Trinajstić information content (AvgIpc) is 3.16. The van der Waals surface area contributed by atoms with Crippen LogP contribution in [0.1, 0.15) is 70.1 Å². The Labute approximate surface area is 164 Å². The number of methoxy groups -OCH3 is 1. The van der Waals surface area contributed by atoms with E-state index in [0.717, 1.165) is 5.57 Å². The van der Waals surface area contributed by atoms with Crippen molar-refractivity contribution in [2.45, 2.75) is 58.8 Å².